The van der Waals surface area contributed by atoms with Crippen molar-refractivity contribution in [1.82, 2.24) is 30.4 Å². The number of aryl methyl sites for hydroxylation is 4. The van der Waals surface area contributed by atoms with E-state index in [9.17, 15) is 67.1 Å². The number of Topliss-reactive ketones (excluding diaryl/α,β-unsaturated/α-hetero) is 3. The van der Waals surface area contributed by atoms with Gasteiger partial charge in [-0.2, -0.15) is 10.2 Å². The van der Waals surface area contributed by atoms with E-state index in [1.54, 1.807) is 106 Å². The van der Waals surface area contributed by atoms with Crippen LogP contribution < -0.4 is 96.5 Å². The zero-order valence-corrected chi connectivity index (χ0v) is 79.5. The number of anilines is 1. The number of ketones is 4. The van der Waals surface area contributed by atoms with Gasteiger partial charge >= 0.3 is 75.3 Å². The first-order valence-corrected chi connectivity index (χ1v) is 41.8. The summed E-state index contributed by atoms with van der Waals surface area (Å²) in [6, 6.07) is 65.5. The number of halogens is 4. The summed E-state index contributed by atoms with van der Waals surface area (Å²) in [6.07, 6.45) is 4.84. The van der Waals surface area contributed by atoms with Crippen LogP contribution in [0, 0.1) is 27.7 Å². The van der Waals surface area contributed by atoms with Crippen LogP contribution in [-0.4, -0.2) is 113 Å². The molecule has 16 rings (SSSR count). The first kappa shape index (κ1) is 108. The molecule has 13 aromatic rings. The predicted molar refractivity (Wildman–Crippen MR) is 510 cm³/mol. The second-order valence-electron chi connectivity index (χ2n) is 29.1. The molecule has 1 saturated heterocycles. The molecule has 132 heavy (non-hydrogen) atoms. The van der Waals surface area contributed by atoms with E-state index in [4.69, 9.17) is 57.2 Å². The van der Waals surface area contributed by atoms with Crippen LogP contribution in [0.15, 0.2) is 254 Å². The standard InChI is InChI=1S/C23H20ClN3O4.C19H16ClN3O.C19H14ClNO2.C12H11NO2.C8H9NO.C7H5ClO.C6H10O3.C4H4O3.K.H4N2.H2O/c1-13-16-4-2-3-5-17(16)25-23(31)22(13)18-12-19(14-6-8-15(24)9-7-14)27(26-18)20(28)10-11-21(29)30;1-11-14-4-2-3-5-15(14)21-19(24)18(11)17-10-16(22-23-17)12-6-8-13(20)9-7-12;1-12-15-4-2-3-5-16(15)21-19(23)18(12)17(22)11-8-13-6-9-14(20)10-7-13;1-7-9-5-3-4-6-10(9)13-12(15)11(7)8(2)14;1-6(10)7-4-2-3-5-8(7)9;8-7-3-1-6(5-9)2-4-7;1-3-9-6(8)4-5(2)7;5-3-1-2-4(6)7-3;;1-2;/h2-9,19H,10-12H2,1H3,(H,25,31)(H,29,30);2-9,16,22H,10H2,1H3,(H,21,24);2-11H,1H3,(H,21,23);3-6H,1-2H3,(H,13,15);2-5H,9H2,1H3;1-5H;3-4H2,1-2H3;1-2H2;;1-2H2;1H2/q;;;;;;;;+1;;/p-1/b;;11-8+;;;;;;;;. The summed E-state index contributed by atoms with van der Waals surface area (Å²) in [7, 11) is 0. The van der Waals surface area contributed by atoms with E-state index in [-0.39, 0.29) is 152 Å². The molecule has 3 aliphatic heterocycles. The number of hydrogen-bond donors (Lipinski definition) is 9. The van der Waals surface area contributed by atoms with Crippen LogP contribution >= 0.6 is 46.4 Å². The quantitative estimate of drug-likeness (QED) is 0.00499. The number of hydrazone groups is 2. The number of fused-ring (bicyclic) bond motifs is 4. The number of carboxylic acids is 1. The second-order valence-corrected chi connectivity index (χ2v) is 30.8. The van der Waals surface area contributed by atoms with Crippen molar-refractivity contribution in [2.75, 3.05) is 12.3 Å². The molecule has 0 saturated carbocycles. The van der Waals surface area contributed by atoms with E-state index < -0.39 is 35.8 Å². The van der Waals surface area contributed by atoms with Crippen LogP contribution in [0.4, 0.5) is 5.69 Å². The van der Waals surface area contributed by atoms with Gasteiger partial charge in [-0.25, -0.2) is 5.01 Å². The summed E-state index contributed by atoms with van der Waals surface area (Å²) >= 11 is 23.3. The first-order chi connectivity index (χ1) is 62.1. The van der Waals surface area contributed by atoms with Crippen molar-refractivity contribution in [2.24, 2.45) is 21.9 Å². The Bertz CT molecular complexity index is 6710. The number of pyridine rings is 4. The number of ether oxygens (including phenoxy) is 2. The number of benzene rings is 9. The number of carbonyl (C=O) groups is 10. The van der Waals surface area contributed by atoms with Gasteiger partial charge in [-0.3, -0.25) is 78.8 Å². The van der Waals surface area contributed by atoms with Crippen molar-refractivity contribution in [3.8, 4) is 0 Å². The van der Waals surface area contributed by atoms with Gasteiger partial charge < -0.3 is 51.2 Å². The molecule has 9 aromatic carbocycles. The smallest absolute Gasteiger partial charge is 0.870 e. The third-order valence-corrected chi connectivity index (χ3v) is 21.0. The maximum absolute atomic E-state index is 12.9. The number of aromatic amines is 4. The van der Waals surface area contributed by atoms with Crippen molar-refractivity contribution < 1.29 is 119 Å². The Hall–Kier alpha value is -12.9. The summed E-state index contributed by atoms with van der Waals surface area (Å²) in [5.74, 6) is 4.64. The van der Waals surface area contributed by atoms with Crippen molar-refractivity contribution >= 4 is 172 Å². The van der Waals surface area contributed by atoms with E-state index in [0.717, 1.165) is 89.0 Å². The molecule has 0 spiro atoms. The molecule has 29 nitrogen and oxygen atoms in total. The number of aliphatic carboxylic acids is 1. The number of para-hydroxylation sites is 5. The van der Waals surface area contributed by atoms with Gasteiger partial charge in [-0.05, 0) is 185 Å². The van der Waals surface area contributed by atoms with Crippen LogP contribution in [0.2, 0.25) is 20.1 Å². The first-order valence-electron chi connectivity index (χ1n) is 40.3. The average Bonchev–Trinajstić information content (AvgIpc) is 1.68. The molecule has 0 aliphatic carbocycles. The number of aromatic nitrogens is 4. The average molecular weight is 1890 g/mol. The minimum Gasteiger partial charge on any atom is -0.870 e. The van der Waals surface area contributed by atoms with Gasteiger partial charge in [0.2, 0.25) is 5.91 Å². The normalized spacial score (nSPS) is 13.0. The molecule has 0 radical (unpaired) electrons. The van der Waals surface area contributed by atoms with Gasteiger partial charge in [0, 0.05) is 99.8 Å². The number of H-pyrrole nitrogens is 4. The van der Waals surface area contributed by atoms with Gasteiger partial charge in [-0.1, -0.05) is 186 Å². The molecule has 2 atom stereocenters. The monoisotopic (exact) mass is 1890 g/mol. The van der Waals surface area contributed by atoms with Crippen molar-refractivity contribution in [2.45, 2.75) is 112 Å². The number of nitrogens with zero attached hydrogens (tertiary/aromatic N) is 3. The van der Waals surface area contributed by atoms with Crippen LogP contribution in [0.3, 0.4) is 0 Å². The number of allylic oxidation sites excluding steroid dienone is 1. The molecule has 3 aliphatic rings. The van der Waals surface area contributed by atoms with E-state index in [0.29, 0.717) is 78.8 Å². The number of carboxylic acid groups (broad SMARTS) is 1. The molecule has 4 aromatic heterocycles. The number of esters is 3. The van der Waals surface area contributed by atoms with E-state index >= 15 is 0 Å². The Morgan fingerprint density at radius 3 is 1.32 bits per heavy atom. The Kier molecular flexibility index (Phi) is 43.1. The van der Waals surface area contributed by atoms with Crippen LogP contribution in [0.1, 0.15) is 176 Å². The van der Waals surface area contributed by atoms with Crippen molar-refractivity contribution in [1.29, 1.82) is 0 Å². The Balaban J connectivity index is 0.000000242. The summed E-state index contributed by atoms with van der Waals surface area (Å²) in [5, 5.41) is 25.5. The molecule has 2 unspecified atom stereocenters. The molecule has 1 amide bonds. The number of carbonyl (C=O) groups excluding carboxylic acids is 9. The molecule has 13 N–H and O–H groups in total. The number of hydrazine groups is 1. The van der Waals surface area contributed by atoms with E-state index in [1.165, 1.54) is 31.9 Å². The second kappa shape index (κ2) is 52.8. The molecule has 678 valence electrons. The maximum Gasteiger partial charge on any atom is 1.00 e. The summed E-state index contributed by atoms with van der Waals surface area (Å²) in [4.78, 5) is 170. The Labute approximate surface area is 819 Å². The zero-order chi connectivity index (χ0) is 95.0. The molecule has 0 bridgehead atoms. The SMILES string of the molecule is CC(=O)c1c(C)c2ccccc2[nH]c1=O.CC(=O)c1ccccc1N.CCOC(=O)CC(C)=O.Cc1c(C(=O)/C=C/c2ccc(Cl)cc2)c(=O)[nH]c2ccccc12.Cc1c(C2=NN(C(=O)CCC(=O)O)C(c3ccc(Cl)cc3)C2)c(=O)[nH]c2ccccc12.Cc1c(C2=NNC(c3ccc(Cl)cc3)C2)c(=O)[nH]c2ccccc12.NN.O=C1CCC(=O)O1.O=Cc1ccc(Cl)cc1.[K+].[OH-]. The number of cyclic esters (lactones) is 2. The van der Waals surface area contributed by atoms with Crippen molar-refractivity contribution in [3.05, 3.63) is 358 Å². The third-order valence-electron chi connectivity index (χ3n) is 20.0. The minimum absolute atomic E-state index is 0. The van der Waals surface area contributed by atoms with Crippen LogP contribution in [0.5, 0.6) is 0 Å². The molecule has 7 heterocycles. The Morgan fingerprint density at radius 1 is 0.508 bits per heavy atom. The minimum atomic E-state index is -1.05. The summed E-state index contributed by atoms with van der Waals surface area (Å²) in [6.45, 7) is 13.8. The van der Waals surface area contributed by atoms with Gasteiger partial charge in [0.05, 0.1) is 71.6 Å². The number of aldehydes is 1. The number of nitrogens with one attached hydrogen (secondary N) is 5. The maximum atomic E-state index is 12.9. The number of hydrogen-bond acceptors (Lipinski definition) is 23. The largest absolute Gasteiger partial charge is 1.00 e. The fraction of sp³-hybridized carbons (Fsp3) is 0.184. The topological polar surface area (TPSA) is 489 Å². The van der Waals surface area contributed by atoms with Gasteiger partial charge in [0.15, 0.2) is 17.3 Å². The number of nitrogen functional groups attached to an aromatic ring is 1. The van der Waals surface area contributed by atoms with Crippen molar-refractivity contribution in [3.63, 3.8) is 0 Å². The van der Waals surface area contributed by atoms with Gasteiger partial charge in [0.1, 0.15) is 18.5 Å². The number of rotatable bonds is 16. The van der Waals surface area contributed by atoms with Crippen LogP contribution in [-0.2, 0) is 38.2 Å². The fourth-order valence-corrected chi connectivity index (χ4v) is 14.2. The number of nitrogens with two attached hydrogens (primary N) is 3. The third kappa shape index (κ3) is 30.6. The predicted octanol–water partition coefficient (Wildman–Crippen LogP) is 14.0. The molecular formula is C98H94Cl4KN11O18. The molecule has 1 fully saturated rings. The molecular weight excluding hydrogens is 1800 g/mol. The molecule has 34 heteroatoms. The van der Waals surface area contributed by atoms with E-state index in [2.05, 4.69) is 56.7 Å². The zero-order valence-electron chi connectivity index (χ0n) is 73.3. The van der Waals surface area contributed by atoms with Crippen LogP contribution in [0.25, 0.3) is 49.7 Å². The Morgan fingerprint density at radius 2 is 0.909 bits per heavy atom. The number of amides is 1. The van der Waals surface area contributed by atoms with E-state index in [1.807, 2.05) is 153 Å². The van der Waals surface area contributed by atoms with Gasteiger partial charge in [-0.15, -0.1) is 0 Å². The summed E-state index contributed by atoms with van der Waals surface area (Å²) < 4.78 is 8.58. The summed E-state index contributed by atoms with van der Waals surface area (Å²) in [5.41, 5.74) is 21.2. The van der Waals surface area contributed by atoms with Gasteiger partial charge in [0.25, 0.3) is 22.2 Å². The fourth-order valence-electron chi connectivity index (χ4n) is 13.7.